The van der Waals surface area contributed by atoms with Crippen LogP contribution in [0.1, 0.15) is 15.9 Å². The van der Waals surface area contributed by atoms with Gasteiger partial charge in [0.2, 0.25) is 6.79 Å². The molecule has 0 saturated carbocycles. The molecule has 4 nitrogen and oxygen atoms in total. The van der Waals surface area contributed by atoms with Gasteiger partial charge in [0.1, 0.15) is 0 Å². The third-order valence-corrected chi connectivity index (χ3v) is 3.05. The normalized spacial score (nSPS) is 12.8. The lowest BCUT2D eigenvalue weighted by atomic mass is 10.1. The van der Waals surface area contributed by atoms with E-state index in [1.54, 1.807) is 30.3 Å². The average molecular weight is 267 g/mol. The Bertz CT molecular complexity index is 692. The van der Waals surface area contributed by atoms with Gasteiger partial charge < -0.3 is 15.2 Å². The quantitative estimate of drug-likeness (QED) is 0.527. The number of anilines is 1. The van der Waals surface area contributed by atoms with Crippen LogP contribution in [0.4, 0.5) is 5.69 Å². The molecule has 4 heteroatoms. The molecule has 0 radical (unpaired) electrons. The molecule has 0 fully saturated rings. The van der Waals surface area contributed by atoms with Crippen LogP contribution in [0.15, 0.2) is 48.5 Å². The summed E-state index contributed by atoms with van der Waals surface area (Å²) in [5.74, 6) is 1.29. The van der Waals surface area contributed by atoms with Crippen molar-refractivity contribution in [2.24, 2.45) is 0 Å². The Morgan fingerprint density at radius 1 is 1.10 bits per heavy atom. The molecule has 0 aromatic heterocycles. The van der Waals surface area contributed by atoms with Gasteiger partial charge in [0.05, 0.1) is 0 Å². The van der Waals surface area contributed by atoms with Gasteiger partial charge in [-0.15, -0.1) is 0 Å². The number of allylic oxidation sites excluding steroid dienone is 1. The lowest BCUT2D eigenvalue weighted by Gasteiger charge is -2.00. The topological polar surface area (TPSA) is 61.6 Å². The van der Waals surface area contributed by atoms with Crippen LogP contribution >= 0.6 is 0 Å². The average Bonchev–Trinajstić information content (AvgIpc) is 2.92. The summed E-state index contributed by atoms with van der Waals surface area (Å²) in [6.45, 7) is 0.238. The first kappa shape index (κ1) is 12.3. The summed E-state index contributed by atoms with van der Waals surface area (Å²) in [4.78, 5) is 12.0. The zero-order valence-electron chi connectivity index (χ0n) is 10.7. The molecule has 100 valence electrons. The van der Waals surface area contributed by atoms with Crippen molar-refractivity contribution in [2.75, 3.05) is 12.5 Å². The lowest BCUT2D eigenvalue weighted by molar-refractivity contribution is 0.104. The van der Waals surface area contributed by atoms with Crippen molar-refractivity contribution in [1.29, 1.82) is 0 Å². The van der Waals surface area contributed by atoms with E-state index >= 15 is 0 Å². The number of fused-ring (bicyclic) bond motifs is 1. The number of nitrogen functional groups attached to an aromatic ring is 1. The Hall–Kier alpha value is -2.75. The van der Waals surface area contributed by atoms with E-state index in [1.807, 2.05) is 18.2 Å². The van der Waals surface area contributed by atoms with Gasteiger partial charge >= 0.3 is 0 Å². The van der Waals surface area contributed by atoms with E-state index in [9.17, 15) is 4.79 Å². The third kappa shape index (κ3) is 2.36. The molecule has 1 heterocycles. The number of rotatable bonds is 3. The zero-order chi connectivity index (χ0) is 13.9. The van der Waals surface area contributed by atoms with Gasteiger partial charge in [-0.3, -0.25) is 4.79 Å². The first-order valence-electron chi connectivity index (χ1n) is 6.20. The maximum absolute atomic E-state index is 12.0. The number of benzene rings is 2. The summed E-state index contributed by atoms with van der Waals surface area (Å²) >= 11 is 0. The van der Waals surface area contributed by atoms with Gasteiger partial charge in [0, 0.05) is 11.3 Å². The molecule has 0 aliphatic carbocycles. The van der Waals surface area contributed by atoms with Gasteiger partial charge in [-0.2, -0.15) is 0 Å². The van der Waals surface area contributed by atoms with Crippen LogP contribution in [-0.4, -0.2) is 12.6 Å². The highest BCUT2D eigenvalue weighted by atomic mass is 16.7. The van der Waals surface area contributed by atoms with Crippen LogP contribution in [-0.2, 0) is 0 Å². The minimum absolute atomic E-state index is 0.124. The predicted octanol–water partition coefficient (Wildman–Crippen LogP) is 2.89. The number of carbonyl (C=O) groups is 1. The van der Waals surface area contributed by atoms with Crippen LogP contribution in [0.2, 0.25) is 0 Å². The summed E-state index contributed by atoms with van der Waals surface area (Å²) < 4.78 is 10.5. The minimum atomic E-state index is -0.124. The highest BCUT2D eigenvalue weighted by Crippen LogP contribution is 2.32. The predicted molar refractivity (Wildman–Crippen MR) is 76.8 cm³/mol. The molecule has 0 unspecified atom stereocenters. The summed E-state index contributed by atoms with van der Waals surface area (Å²) in [6.07, 6.45) is 3.24. The molecule has 0 atom stereocenters. The Morgan fingerprint density at radius 3 is 2.75 bits per heavy atom. The van der Waals surface area contributed by atoms with E-state index in [1.165, 1.54) is 6.08 Å². The fraction of sp³-hybridized carbons (Fsp3) is 0.0625. The second kappa shape index (κ2) is 5.09. The molecule has 0 bridgehead atoms. The number of carbonyl (C=O) groups excluding carboxylic acids is 1. The van der Waals surface area contributed by atoms with Gasteiger partial charge in [-0.25, -0.2) is 0 Å². The fourth-order valence-electron chi connectivity index (χ4n) is 2.00. The summed E-state index contributed by atoms with van der Waals surface area (Å²) in [6, 6.07) is 12.5. The zero-order valence-corrected chi connectivity index (χ0v) is 10.7. The Balaban J connectivity index is 1.81. The van der Waals surface area contributed by atoms with Crippen molar-refractivity contribution in [1.82, 2.24) is 0 Å². The van der Waals surface area contributed by atoms with E-state index in [0.29, 0.717) is 17.0 Å². The highest BCUT2D eigenvalue weighted by molar-refractivity contribution is 6.10. The molecule has 0 spiro atoms. The van der Waals surface area contributed by atoms with Gasteiger partial charge in [-0.1, -0.05) is 24.3 Å². The maximum atomic E-state index is 12.0. The van der Waals surface area contributed by atoms with Gasteiger partial charge in [0.25, 0.3) is 0 Å². The second-order valence-corrected chi connectivity index (χ2v) is 4.40. The van der Waals surface area contributed by atoms with Crippen molar-refractivity contribution in [3.05, 3.63) is 59.7 Å². The van der Waals surface area contributed by atoms with Crippen molar-refractivity contribution < 1.29 is 14.3 Å². The number of hydrogen-bond donors (Lipinski definition) is 1. The van der Waals surface area contributed by atoms with E-state index in [4.69, 9.17) is 15.2 Å². The van der Waals surface area contributed by atoms with Crippen LogP contribution in [0.25, 0.3) is 6.08 Å². The summed E-state index contributed by atoms with van der Waals surface area (Å²) in [7, 11) is 0. The molecule has 2 N–H and O–H groups in total. The number of ether oxygens (including phenoxy) is 2. The molecule has 0 saturated heterocycles. The van der Waals surface area contributed by atoms with Crippen molar-refractivity contribution in [3.8, 4) is 11.5 Å². The molecule has 1 aliphatic heterocycles. The molecule has 1 aliphatic rings. The van der Waals surface area contributed by atoms with E-state index in [-0.39, 0.29) is 12.6 Å². The summed E-state index contributed by atoms with van der Waals surface area (Å²) in [5, 5.41) is 0. The molecule has 2 aromatic rings. The summed E-state index contributed by atoms with van der Waals surface area (Å²) in [5.41, 5.74) is 7.63. The fourth-order valence-corrected chi connectivity index (χ4v) is 2.00. The second-order valence-electron chi connectivity index (χ2n) is 4.40. The highest BCUT2D eigenvalue weighted by Gasteiger charge is 2.12. The molecular formula is C16H13NO3. The standard InChI is InChI=1S/C16H13NO3/c17-13-4-2-1-3-12(13)14(18)7-5-11-6-8-15-16(9-11)20-10-19-15/h1-9H,10,17H2. The Kier molecular flexibility index (Phi) is 3.13. The Morgan fingerprint density at radius 2 is 1.90 bits per heavy atom. The van der Waals surface area contributed by atoms with E-state index < -0.39 is 0 Å². The third-order valence-electron chi connectivity index (χ3n) is 3.05. The first-order chi connectivity index (χ1) is 9.74. The first-order valence-corrected chi connectivity index (χ1v) is 6.20. The number of para-hydroxylation sites is 1. The van der Waals surface area contributed by atoms with E-state index in [0.717, 1.165) is 11.3 Å². The SMILES string of the molecule is Nc1ccccc1C(=O)C=Cc1ccc2c(c1)OCO2. The molecule has 20 heavy (non-hydrogen) atoms. The van der Waals surface area contributed by atoms with Gasteiger partial charge in [0.15, 0.2) is 17.3 Å². The molecule has 0 amide bonds. The molecule has 3 rings (SSSR count). The maximum Gasteiger partial charge on any atom is 0.231 e. The monoisotopic (exact) mass is 267 g/mol. The number of ketones is 1. The van der Waals surface area contributed by atoms with Gasteiger partial charge in [-0.05, 0) is 35.9 Å². The minimum Gasteiger partial charge on any atom is -0.454 e. The smallest absolute Gasteiger partial charge is 0.231 e. The van der Waals surface area contributed by atoms with Crippen LogP contribution in [0, 0.1) is 0 Å². The molecule has 2 aromatic carbocycles. The van der Waals surface area contributed by atoms with Crippen molar-refractivity contribution in [3.63, 3.8) is 0 Å². The van der Waals surface area contributed by atoms with Crippen LogP contribution < -0.4 is 15.2 Å². The number of nitrogens with two attached hydrogens (primary N) is 1. The Labute approximate surface area is 116 Å². The number of hydrogen-bond acceptors (Lipinski definition) is 4. The molecular weight excluding hydrogens is 254 g/mol. The lowest BCUT2D eigenvalue weighted by Crippen LogP contribution is -1.99. The van der Waals surface area contributed by atoms with Crippen LogP contribution in [0.5, 0.6) is 11.5 Å². The van der Waals surface area contributed by atoms with Crippen LogP contribution in [0.3, 0.4) is 0 Å². The van der Waals surface area contributed by atoms with Crippen molar-refractivity contribution in [2.45, 2.75) is 0 Å². The van der Waals surface area contributed by atoms with Crippen molar-refractivity contribution >= 4 is 17.5 Å². The van der Waals surface area contributed by atoms with E-state index in [2.05, 4.69) is 0 Å². The largest absolute Gasteiger partial charge is 0.454 e.